The first-order valence-corrected chi connectivity index (χ1v) is 5.83. The Morgan fingerprint density at radius 3 is 3.07 bits per heavy atom. The van der Waals surface area contributed by atoms with Gasteiger partial charge in [0, 0.05) is 24.4 Å². The van der Waals surface area contributed by atoms with Gasteiger partial charge in [-0.1, -0.05) is 0 Å². The van der Waals surface area contributed by atoms with Crippen molar-refractivity contribution in [3.05, 3.63) is 18.3 Å². The Morgan fingerprint density at radius 2 is 2.43 bits per heavy atom. The van der Waals surface area contributed by atoms with Gasteiger partial charge >= 0.3 is 0 Å². The summed E-state index contributed by atoms with van der Waals surface area (Å²) in [7, 11) is 0. The van der Waals surface area contributed by atoms with Crippen LogP contribution < -0.4 is 4.90 Å². The lowest BCUT2D eigenvalue weighted by atomic mass is 10.4. The molecule has 1 unspecified atom stereocenters. The van der Waals surface area contributed by atoms with Gasteiger partial charge < -0.3 is 4.90 Å². The van der Waals surface area contributed by atoms with Crippen LogP contribution in [0.4, 0.5) is 10.2 Å². The predicted octanol–water partition coefficient (Wildman–Crippen LogP) is 1.56. The number of hydrogen-bond donors (Lipinski definition) is 0. The number of aromatic nitrogens is 2. The molecule has 0 amide bonds. The van der Waals surface area contributed by atoms with Gasteiger partial charge in [-0.2, -0.15) is 16.2 Å². The van der Waals surface area contributed by atoms with Crippen LogP contribution in [-0.4, -0.2) is 34.6 Å². The van der Waals surface area contributed by atoms with Crippen molar-refractivity contribution in [1.82, 2.24) is 9.97 Å². The standard InChI is InChI=1S/C9H12FN3S/c1-14-7-2-3-13(5-7)9-4-8(10)11-6-12-9/h4,6-7H,2-3,5H2,1H3. The zero-order valence-corrected chi connectivity index (χ0v) is 8.80. The molecule has 1 aliphatic rings. The summed E-state index contributed by atoms with van der Waals surface area (Å²) in [5.41, 5.74) is 0. The Labute approximate surface area is 86.7 Å². The topological polar surface area (TPSA) is 29.0 Å². The molecule has 1 aliphatic heterocycles. The van der Waals surface area contributed by atoms with E-state index in [4.69, 9.17) is 0 Å². The van der Waals surface area contributed by atoms with E-state index in [0.717, 1.165) is 19.5 Å². The summed E-state index contributed by atoms with van der Waals surface area (Å²) in [5.74, 6) is 0.247. The molecule has 3 nitrogen and oxygen atoms in total. The van der Waals surface area contributed by atoms with Gasteiger partial charge in [-0.3, -0.25) is 0 Å². The van der Waals surface area contributed by atoms with Crippen molar-refractivity contribution in [2.24, 2.45) is 0 Å². The molecule has 0 spiro atoms. The van der Waals surface area contributed by atoms with Crippen molar-refractivity contribution in [3.8, 4) is 0 Å². The number of nitrogens with zero attached hydrogens (tertiary/aromatic N) is 3. The molecule has 1 aromatic rings. The lowest BCUT2D eigenvalue weighted by Gasteiger charge is -2.16. The molecule has 1 atom stereocenters. The lowest BCUT2D eigenvalue weighted by Crippen LogP contribution is -2.21. The minimum Gasteiger partial charge on any atom is -0.355 e. The van der Waals surface area contributed by atoms with Crippen LogP contribution in [0.5, 0.6) is 0 Å². The summed E-state index contributed by atoms with van der Waals surface area (Å²) in [6, 6.07) is 1.39. The summed E-state index contributed by atoms with van der Waals surface area (Å²) in [6.45, 7) is 1.92. The van der Waals surface area contributed by atoms with E-state index in [9.17, 15) is 4.39 Å². The predicted molar refractivity (Wildman–Crippen MR) is 56.1 cm³/mol. The van der Waals surface area contributed by atoms with Crippen molar-refractivity contribution in [1.29, 1.82) is 0 Å². The lowest BCUT2D eigenvalue weighted by molar-refractivity contribution is 0.578. The molecule has 1 aromatic heterocycles. The van der Waals surface area contributed by atoms with E-state index in [1.54, 1.807) is 0 Å². The SMILES string of the molecule is CSC1CCN(c2cc(F)ncn2)C1. The fourth-order valence-electron chi connectivity index (χ4n) is 1.63. The van der Waals surface area contributed by atoms with Crippen LogP contribution in [0.1, 0.15) is 6.42 Å². The van der Waals surface area contributed by atoms with E-state index in [-0.39, 0.29) is 0 Å². The van der Waals surface area contributed by atoms with Gasteiger partial charge in [0.05, 0.1) is 0 Å². The summed E-state index contributed by atoms with van der Waals surface area (Å²) in [4.78, 5) is 9.60. The van der Waals surface area contributed by atoms with Crippen molar-refractivity contribution in [3.63, 3.8) is 0 Å². The summed E-state index contributed by atoms with van der Waals surface area (Å²) < 4.78 is 12.8. The van der Waals surface area contributed by atoms with Gasteiger partial charge in [0.1, 0.15) is 12.1 Å². The summed E-state index contributed by atoms with van der Waals surface area (Å²) >= 11 is 1.86. The maximum Gasteiger partial charge on any atom is 0.218 e. The molecule has 76 valence electrons. The van der Waals surface area contributed by atoms with Crippen LogP contribution in [0.2, 0.25) is 0 Å². The van der Waals surface area contributed by atoms with Crippen molar-refractivity contribution in [2.75, 3.05) is 24.2 Å². The normalized spacial score (nSPS) is 21.6. The highest BCUT2D eigenvalue weighted by Crippen LogP contribution is 2.24. The zero-order chi connectivity index (χ0) is 9.97. The van der Waals surface area contributed by atoms with Gasteiger partial charge in [0.2, 0.25) is 5.95 Å². The number of rotatable bonds is 2. The monoisotopic (exact) mass is 213 g/mol. The summed E-state index contributed by atoms with van der Waals surface area (Å²) in [6.07, 6.45) is 4.53. The highest BCUT2D eigenvalue weighted by atomic mass is 32.2. The third-order valence-electron chi connectivity index (χ3n) is 2.42. The molecule has 5 heteroatoms. The van der Waals surface area contributed by atoms with E-state index in [2.05, 4.69) is 21.1 Å². The van der Waals surface area contributed by atoms with Crippen LogP contribution >= 0.6 is 11.8 Å². The second-order valence-electron chi connectivity index (χ2n) is 3.29. The zero-order valence-electron chi connectivity index (χ0n) is 7.98. The third kappa shape index (κ3) is 1.97. The minimum absolute atomic E-state index is 0.456. The molecular formula is C9H12FN3S. The Hall–Kier alpha value is -0.840. The van der Waals surface area contributed by atoms with Gasteiger partial charge in [0.25, 0.3) is 0 Å². The Bertz CT molecular complexity index is 321. The highest BCUT2D eigenvalue weighted by molar-refractivity contribution is 7.99. The number of thioether (sulfide) groups is 1. The Kier molecular flexibility index (Phi) is 2.86. The van der Waals surface area contributed by atoms with Crippen LogP contribution in [0.3, 0.4) is 0 Å². The molecule has 0 aliphatic carbocycles. The number of halogens is 1. The van der Waals surface area contributed by atoms with Gasteiger partial charge in [-0.25, -0.2) is 9.97 Å². The van der Waals surface area contributed by atoms with Crippen LogP contribution in [0, 0.1) is 5.95 Å². The molecule has 1 saturated heterocycles. The molecule has 0 radical (unpaired) electrons. The largest absolute Gasteiger partial charge is 0.355 e. The van der Waals surface area contributed by atoms with Crippen LogP contribution in [0.15, 0.2) is 12.4 Å². The van der Waals surface area contributed by atoms with E-state index in [1.807, 2.05) is 11.8 Å². The molecule has 0 aromatic carbocycles. The molecule has 1 fully saturated rings. The third-order valence-corrected chi connectivity index (χ3v) is 3.47. The number of anilines is 1. The molecular weight excluding hydrogens is 201 g/mol. The van der Waals surface area contributed by atoms with E-state index >= 15 is 0 Å². The van der Waals surface area contributed by atoms with E-state index in [1.165, 1.54) is 12.4 Å². The Morgan fingerprint density at radius 1 is 1.57 bits per heavy atom. The van der Waals surface area contributed by atoms with Crippen LogP contribution in [0.25, 0.3) is 0 Å². The van der Waals surface area contributed by atoms with Crippen molar-refractivity contribution < 1.29 is 4.39 Å². The smallest absolute Gasteiger partial charge is 0.218 e. The highest BCUT2D eigenvalue weighted by Gasteiger charge is 2.22. The quantitative estimate of drug-likeness (QED) is 0.697. The molecule has 0 bridgehead atoms. The van der Waals surface area contributed by atoms with Crippen molar-refractivity contribution >= 4 is 17.6 Å². The van der Waals surface area contributed by atoms with Gasteiger partial charge in [-0.05, 0) is 12.7 Å². The molecule has 14 heavy (non-hydrogen) atoms. The van der Waals surface area contributed by atoms with Gasteiger partial charge in [0.15, 0.2) is 0 Å². The molecule has 0 N–H and O–H groups in total. The minimum atomic E-state index is -0.456. The fourth-order valence-corrected chi connectivity index (χ4v) is 2.30. The van der Waals surface area contributed by atoms with Gasteiger partial charge in [-0.15, -0.1) is 0 Å². The molecule has 2 rings (SSSR count). The first-order chi connectivity index (χ1) is 6.79. The molecule has 2 heterocycles. The Balaban J connectivity index is 2.09. The van der Waals surface area contributed by atoms with E-state index < -0.39 is 5.95 Å². The second kappa shape index (κ2) is 4.13. The first-order valence-electron chi connectivity index (χ1n) is 4.55. The summed E-state index contributed by atoms with van der Waals surface area (Å²) in [5, 5.41) is 0.646. The maximum atomic E-state index is 12.8. The average Bonchev–Trinajstić information content (AvgIpc) is 2.66. The number of hydrogen-bond acceptors (Lipinski definition) is 4. The average molecular weight is 213 g/mol. The first kappa shape index (κ1) is 9.71. The molecule has 0 saturated carbocycles. The van der Waals surface area contributed by atoms with Crippen molar-refractivity contribution in [2.45, 2.75) is 11.7 Å². The maximum absolute atomic E-state index is 12.8. The van der Waals surface area contributed by atoms with E-state index in [0.29, 0.717) is 11.1 Å². The second-order valence-corrected chi connectivity index (χ2v) is 4.43. The fraction of sp³-hybridized carbons (Fsp3) is 0.556. The van der Waals surface area contributed by atoms with Crippen LogP contribution in [-0.2, 0) is 0 Å².